The molecule has 1 unspecified atom stereocenters. The minimum atomic E-state index is -0.989. The summed E-state index contributed by atoms with van der Waals surface area (Å²) < 4.78 is 39.3. The molecule has 0 bridgehead atoms. The van der Waals surface area contributed by atoms with E-state index in [4.69, 9.17) is 9.31 Å². The van der Waals surface area contributed by atoms with E-state index in [-0.39, 0.29) is 17.9 Å². The largest absolute Gasteiger partial charge is 0.497 e. The summed E-state index contributed by atoms with van der Waals surface area (Å²) in [6.45, 7) is 7.99. The Morgan fingerprint density at radius 1 is 1.25 bits per heavy atom. The van der Waals surface area contributed by atoms with Gasteiger partial charge in [-0.3, -0.25) is 4.79 Å². The van der Waals surface area contributed by atoms with Crippen molar-refractivity contribution in [3.63, 3.8) is 0 Å². The average molecular weight is 337 g/mol. The van der Waals surface area contributed by atoms with Gasteiger partial charge in [0.25, 0.3) is 5.91 Å². The van der Waals surface area contributed by atoms with Crippen molar-refractivity contribution >= 4 is 18.5 Å². The molecule has 0 radical (unpaired) electrons. The van der Waals surface area contributed by atoms with Gasteiger partial charge >= 0.3 is 7.12 Å². The molecule has 0 aliphatic carbocycles. The minimum Gasteiger partial charge on any atom is -0.399 e. The van der Waals surface area contributed by atoms with Gasteiger partial charge in [0.1, 0.15) is 12.0 Å². The second-order valence-electron chi connectivity index (χ2n) is 7.46. The van der Waals surface area contributed by atoms with Crippen molar-refractivity contribution in [2.24, 2.45) is 0 Å². The van der Waals surface area contributed by atoms with Crippen molar-refractivity contribution in [2.45, 2.75) is 51.5 Å². The number of amides is 1. The molecule has 0 saturated carbocycles. The van der Waals surface area contributed by atoms with Crippen molar-refractivity contribution in [1.29, 1.82) is 0 Å². The second kappa shape index (κ2) is 5.81. The van der Waals surface area contributed by atoms with Gasteiger partial charge in [-0.1, -0.05) is 0 Å². The number of hydrogen-bond acceptors (Lipinski definition) is 3. The Morgan fingerprint density at radius 2 is 1.88 bits per heavy atom. The van der Waals surface area contributed by atoms with Gasteiger partial charge in [0, 0.05) is 17.6 Å². The Balaban J connectivity index is 1.86. The van der Waals surface area contributed by atoms with E-state index in [1.807, 2.05) is 27.7 Å². The van der Waals surface area contributed by atoms with Crippen molar-refractivity contribution in [2.75, 3.05) is 13.1 Å². The Morgan fingerprint density at radius 3 is 2.42 bits per heavy atom. The summed E-state index contributed by atoms with van der Waals surface area (Å²) in [4.78, 5) is 13.9. The molecule has 1 amide bonds. The molecule has 1 aromatic rings. The predicted molar refractivity (Wildman–Crippen MR) is 87.5 cm³/mol. The topological polar surface area (TPSA) is 38.8 Å². The fourth-order valence-electron chi connectivity index (χ4n) is 2.91. The number of benzene rings is 1. The zero-order valence-electron chi connectivity index (χ0n) is 14.4. The van der Waals surface area contributed by atoms with E-state index in [1.54, 1.807) is 0 Å². The predicted octanol–water partition coefficient (Wildman–Crippen LogP) is 2.31. The first-order valence-electron chi connectivity index (χ1n) is 8.19. The van der Waals surface area contributed by atoms with E-state index in [0.29, 0.717) is 18.5 Å². The summed E-state index contributed by atoms with van der Waals surface area (Å²) in [5.74, 6) is -0.789. The molecule has 2 aliphatic heterocycles. The van der Waals surface area contributed by atoms with Gasteiger partial charge < -0.3 is 14.2 Å². The lowest BCUT2D eigenvalue weighted by molar-refractivity contribution is 0.00578. The van der Waals surface area contributed by atoms with Crippen LogP contribution in [0.4, 0.5) is 8.78 Å². The standard InChI is InChI=1S/C17H22BF2NO3/c1-16(2)17(3,4)24-18(23-16)13-9-11(5-6-14(13)20)15(22)21-8-7-12(19)10-21/h5-6,9,12H,7-8,10H2,1-4H3. The highest BCUT2D eigenvalue weighted by Crippen LogP contribution is 2.36. The van der Waals surface area contributed by atoms with Crippen LogP contribution in [0.1, 0.15) is 44.5 Å². The molecule has 4 nitrogen and oxygen atoms in total. The monoisotopic (exact) mass is 337 g/mol. The quantitative estimate of drug-likeness (QED) is 0.778. The molecular formula is C17H22BF2NO3. The fourth-order valence-corrected chi connectivity index (χ4v) is 2.91. The fraction of sp³-hybridized carbons (Fsp3) is 0.588. The summed E-state index contributed by atoms with van der Waals surface area (Å²) >= 11 is 0. The van der Waals surface area contributed by atoms with Gasteiger partial charge in [0.05, 0.1) is 17.7 Å². The Hall–Kier alpha value is -1.47. The lowest BCUT2D eigenvalue weighted by Crippen LogP contribution is -2.41. The van der Waals surface area contributed by atoms with Gasteiger partial charge in [-0.15, -0.1) is 0 Å². The molecule has 24 heavy (non-hydrogen) atoms. The van der Waals surface area contributed by atoms with Crippen LogP contribution < -0.4 is 5.46 Å². The van der Waals surface area contributed by atoms with E-state index in [2.05, 4.69) is 0 Å². The van der Waals surface area contributed by atoms with Crippen molar-refractivity contribution in [1.82, 2.24) is 4.90 Å². The summed E-state index contributed by atoms with van der Waals surface area (Å²) in [7, 11) is -0.879. The lowest BCUT2D eigenvalue weighted by atomic mass is 9.78. The first kappa shape index (κ1) is 17.4. The number of rotatable bonds is 2. The summed E-state index contributed by atoms with van der Waals surface area (Å²) in [6.07, 6.45) is -0.645. The van der Waals surface area contributed by atoms with E-state index in [9.17, 15) is 13.6 Å². The summed E-state index contributed by atoms with van der Waals surface area (Å²) in [5.41, 5.74) is -0.688. The van der Waals surface area contributed by atoms with E-state index < -0.39 is 30.3 Å². The maximum absolute atomic E-state index is 14.3. The van der Waals surface area contributed by atoms with E-state index >= 15 is 0 Å². The van der Waals surface area contributed by atoms with Gasteiger partial charge in [0.15, 0.2) is 0 Å². The number of hydrogen-bond donors (Lipinski definition) is 0. The Kier molecular flexibility index (Phi) is 4.20. The molecule has 2 fully saturated rings. The Bertz CT molecular complexity index is 649. The first-order chi connectivity index (χ1) is 11.1. The molecule has 0 N–H and O–H groups in total. The second-order valence-corrected chi connectivity index (χ2v) is 7.46. The van der Waals surface area contributed by atoms with E-state index in [0.717, 1.165) is 0 Å². The summed E-state index contributed by atoms with van der Waals surface area (Å²) in [5, 5.41) is 0. The van der Waals surface area contributed by atoms with Crippen LogP contribution in [0, 0.1) is 5.82 Å². The Labute approximate surface area is 141 Å². The maximum Gasteiger partial charge on any atom is 0.497 e. The van der Waals surface area contributed by atoms with Crippen LogP contribution in [0.3, 0.4) is 0 Å². The number of nitrogens with zero attached hydrogens (tertiary/aromatic N) is 1. The van der Waals surface area contributed by atoms with Crippen molar-refractivity contribution < 1.29 is 22.9 Å². The van der Waals surface area contributed by atoms with Crippen molar-refractivity contribution in [3.05, 3.63) is 29.6 Å². The van der Waals surface area contributed by atoms with Gasteiger partial charge in [-0.25, -0.2) is 8.78 Å². The summed E-state index contributed by atoms with van der Waals surface area (Å²) in [6, 6.07) is 4.10. The average Bonchev–Trinajstić information content (AvgIpc) is 3.00. The normalized spacial score (nSPS) is 25.3. The van der Waals surface area contributed by atoms with E-state index in [1.165, 1.54) is 23.1 Å². The number of alkyl halides is 1. The van der Waals surface area contributed by atoms with Crippen LogP contribution in [0.2, 0.25) is 0 Å². The molecule has 0 spiro atoms. The molecular weight excluding hydrogens is 315 g/mol. The van der Waals surface area contributed by atoms with Crippen LogP contribution in [0.15, 0.2) is 18.2 Å². The van der Waals surface area contributed by atoms with Crippen LogP contribution in [0.5, 0.6) is 0 Å². The minimum absolute atomic E-state index is 0.0854. The molecule has 1 atom stereocenters. The molecule has 130 valence electrons. The molecule has 3 rings (SSSR count). The highest BCUT2D eigenvalue weighted by atomic mass is 19.1. The highest BCUT2D eigenvalue weighted by molar-refractivity contribution is 6.62. The third-order valence-electron chi connectivity index (χ3n) is 5.17. The zero-order valence-corrected chi connectivity index (χ0v) is 14.4. The zero-order chi connectivity index (χ0) is 17.7. The third kappa shape index (κ3) is 2.95. The number of likely N-dealkylation sites (tertiary alicyclic amines) is 1. The molecule has 2 aliphatic rings. The molecule has 7 heteroatoms. The molecule has 2 saturated heterocycles. The van der Waals surface area contributed by atoms with Gasteiger partial charge in [-0.2, -0.15) is 0 Å². The van der Waals surface area contributed by atoms with Crippen LogP contribution in [-0.2, 0) is 9.31 Å². The third-order valence-corrected chi connectivity index (χ3v) is 5.17. The lowest BCUT2D eigenvalue weighted by Gasteiger charge is -2.32. The molecule has 2 heterocycles. The molecule has 1 aromatic carbocycles. The maximum atomic E-state index is 14.3. The van der Waals surface area contributed by atoms with Gasteiger partial charge in [0.2, 0.25) is 0 Å². The van der Waals surface area contributed by atoms with Gasteiger partial charge in [-0.05, 0) is 52.3 Å². The highest BCUT2D eigenvalue weighted by Gasteiger charge is 2.52. The van der Waals surface area contributed by atoms with Crippen LogP contribution in [-0.4, -0.2) is 48.4 Å². The molecule has 0 aromatic heterocycles. The smallest absolute Gasteiger partial charge is 0.399 e. The SMILES string of the molecule is CC1(C)OB(c2cc(C(=O)N3CCC(F)C3)ccc2F)OC1(C)C. The first-order valence-corrected chi connectivity index (χ1v) is 8.19. The number of carbonyl (C=O) groups excluding carboxylic acids is 1. The van der Waals surface area contributed by atoms with Crippen LogP contribution >= 0.6 is 0 Å². The number of halogens is 2. The number of carbonyl (C=O) groups is 1. The van der Waals surface area contributed by atoms with Crippen molar-refractivity contribution in [3.8, 4) is 0 Å². The van der Waals surface area contributed by atoms with Crippen LogP contribution in [0.25, 0.3) is 0 Å².